The Bertz CT molecular complexity index is 535. The minimum absolute atomic E-state index is 0.0464. The largest absolute Gasteiger partial charge is 0.324 e. The highest BCUT2D eigenvalue weighted by molar-refractivity contribution is 9.10. The molecule has 1 fully saturated rings. The van der Waals surface area contributed by atoms with E-state index in [1.807, 2.05) is 6.07 Å². The van der Waals surface area contributed by atoms with Crippen LogP contribution in [0, 0.1) is 0 Å². The lowest BCUT2D eigenvalue weighted by atomic mass is 10.00. The lowest BCUT2D eigenvalue weighted by molar-refractivity contribution is 0.646. The number of benzene rings is 2. The minimum Gasteiger partial charge on any atom is -0.324 e. The number of hydrogen-bond acceptors (Lipinski definition) is 1. The quantitative estimate of drug-likeness (QED) is 0.915. The molecule has 0 amide bonds. The highest BCUT2D eigenvalue weighted by Gasteiger charge is 2.51. The van der Waals surface area contributed by atoms with Crippen LogP contribution in [0.4, 0.5) is 0 Å². The zero-order valence-corrected chi connectivity index (χ0v) is 11.7. The predicted molar refractivity (Wildman–Crippen MR) is 78.6 cm³/mol. The first kappa shape index (κ1) is 11.9. The monoisotopic (exact) mass is 301 g/mol. The Labute approximate surface area is 116 Å². The van der Waals surface area contributed by atoms with Crippen LogP contribution in [0.3, 0.4) is 0 Å². The summed E-state index contributed by atoms with van der Waals surface area (Å²) in [5.41, 5.74) is 9.13. The van der Waals surface area contributed by atoms with Crippen molar-refractivity contribution >= 4 is 15.9 Å². The average molecular weight is 302 g/mol. The normalized spacial score (nSPS) is 26.0. The third-order valence-electron chi connectivity index (χ3n) is 3.77. The maximum absolute atomic E-state index is 6.48. The van der Waals surface area contributed by atoms with Crippen LogP contribution in [0.15, 0.2) is 59.1 Å². The number of hydrogen-bond donors (Lipinski definition) is 1. The van der Waals surface area contributed by atoms with Gasteiger partial charge in [-0.3, -0.25) is 0 Å². The zero-order chi connectivity index (χ0) is 12.6. The van der Waals surface area contributed by atoms with Crippen molar-refractivity contribution in [3.8, 4) is 0 Å². The van der Waals surface area contributed by atoms with Crippen LogP contribution in [0.5, 0.6) is 0 Å². The summed E-state index contributed by atoms with van der Waals surface area (Å²) < 4.78 is 1.12. The number of halogens is 1. The molecule has 1 aliphatic rings. The molecule has 1 aliphatic carbocycles. The second-order valence-electron chi connectivity index (χ2n) is 5.20. The third kappa shape index (κ3) is 2.36. The van der Waals surface area contributed by atoms with E-state index in [0.29, 0.717) is 5.92 Å². The molecule has 92 valence electrons. The second-order valence-corrected chi connectivity index (χ2v) is 6.12. The summed E-state index contributed by atoms with van der Waals surface area (Å²) in [7, 11) is 0. The van der Waals surface area contributed by atoms with Gasteiger partial charge in [0.15, 0.2) is 0 Å². The van der Waals surface area contributed by atoms with Crippen LogP contribution in [0.2, 0.25) is 0 Å². The molecule has 0 saturated heterocycles. The van der Waals surface area contributed by atoms with E-state index in [4.69, 9.17) is 5.73 Å². The lowest BCUT2D eigenvalue weighted by Gasteiger charge is -2.12. The van der Waals surface area contributed by atoms with Gasteiger partial charge >= 0.3 is 0 Å². The fraction of sp³-hybridized carbons (Fsp3) is 0.250. The standard InChI is InChI=1S/C16H16BrN/c17-14-8-6-13(7-9-14)15-11-16(15,18)10-12-4-2-1-3-5-12/h1-9,15H,10-11,18H2/t15-,16-/m1/s1. The van der Waals surface area contributed by atoms with Crippen molar-refractivity contribution in [2.45, 2.75) is 24.3 Å². The summed E-state index contributed by atoms with van der Waals surface area (Å²) in [6, 6.07) is 19.1. The molecule has 0 bridgehead atoms. The Morgan fingerprint density at radius 3 is 2.39 bits per heavy atom. The van der Waals surface area contributed by atoms with Gasteiger partial charge in [0, 0.05) is 15.9 Å². The van der Waals surface area contributed by atoms with Crippen LogP contribution in [0.1, 0.15) is 23.5 Å². The third-order valence-corrected chi connectivity index (χ3v) is 4.30. The van der Waals surface area contributed by atoms with Crippen LogP contribution < -0.4 is 5.73 Å². The first-order valence-electron chi connectivity index (χ1n) is 6.26. The number of rotatable bonds is 3. The summed E-state index contributed by atoms with van der Waals surface area (Å²) in [6.07, 6.45) is 2.05. The van der Waals surface area contributed by atoms with E-state index in [0.717, 1.165) is 17.3 Å². The molecule has 2 N–H and O–H groups in total. The van der Waals surface area contributed by atoms with Crippen molar-refractivity contribution in [2.24, 2.45) is 5.73 Å². The fourth-order valence-electron chi connectivity index (χ4n) is 2.64. The van der Waals surface area contributed by atoms with Gasteiger partial charge in [0.25, 0.3) is 0 Å². The van der Waals surface area contributed by atoms with Gasteiger partial charge in [-0.1, -0.05) is 58.4 Å². The van der Waals surface area contributed by atoms with Gasteiger partial charge in [-0.2, -0.15) is 0 Å². The van der Waals surface area contributed by atoms with Crippen molar-refractivity contribution in [3.63, 3.8) is 0 Å². The molecular formula is C16H16BrN. The molecule has 2 aromatic rings. The topological polar surface area (TPSA) is 26.0 Å². The first-order chi connectivity index (χ1) is 8.67. The van der Waals surface area contributed by atoms with Gasteiger partial charge in [0.2, 0.25) is 0 Å². The molecule has 0 heterocycles. The van der Waals surface area contributed by atoms with Gasteiger partial charge in [-0.15, -0.1) is 0 Å². The highest BCUT2D eigenvalue weighted by atomic mass is 79.9. The minimum atomic E-state index is -0.0464. The Kier molecular flexibility index (Phi) is 3.00. The molecule has 0 spiro atoms. The van der Waals surface area contributed by atoms with Crippen molar-refractivity contribution in [1.29, 1.82) is 0 Å². The Morgan fingerprint density at radius 2 is 1.72 bits per heavy atom. The molecule has 0 aliphatic heterocycles. The number of nitrogens with two attached hydrogens (primary N) is 1. The molecule has 2 aromatic carbocycles. The Hall–Kier alpha value is -1.12. The summed E-state index contributed by atoms with van der Waals surface area (Å²) in [4.78, 5) is 0. The van der Waals surface area contributed by atoms with E-state index in [2.05, 4.69) is 64.5 Å². The zero-order valence-electron chi connectivity index (χ0n) is 10.1. The van der Waals surface area contributed by atoms with Crippen LogP contribution in [-0.4, -0.2) is 5.54 Å². The first-order valence-corrected chi connectivity index (χ1v) is 7.05. The Balaban J connectivity index is 1.74. The van der Waals surface area contributed by atoms with E-state index in [1.54, 1.807) is 0 Å². The van der Waals surface area contributed by atoms with Gasteiger partial charge in [0.05, 0.1) is 0 Å². The summed E-state index contributed by atoms with van der Waals surface area (Å²) in [5, 5.41) is 0. The van der Waals surface area contributed by atoms with Gasteiger partial charge in [-0.05, 0) is 36.1 Å². The van der Waals surface area contributed by atoms with Gasteiger partial charge in [-0.25, -0.2) is 0 Å². The smallest absolute Gasteiger partial charge is 0.0271 e. The van der Waals surface area contributed by atoms with Crippen LogP contribution >= 0.6 is 15.9 Å². The molecule has 0 unspecified atom stereocenters. The predicted octanol–water partition coefficient (Wildman–Crippen LogP) is 3.88. The van der Waals surface area contributed by atoms with Crippen molar-refractivity contribution < 1.29 is 0 Å². The van der Waals surface area contributed by atoms with E-state index >= 15 is 0 Å². The fourth-order valence-corrected chi connectivity index (χ4v) is 2.90. The average Bonchev–Trinajstić information content (AvgIpc) is 3.03. The highest BCUT2D eigenvalue weighted by Crippen LogP contribution is 2.51. The molecule has 3 rings (SSSR count). The summed E-state index contributed by atoms with van der Waals surface area (Å²) in [6.45, 7) is 0. The molecule has 2 heteroatoms. The van der Waals surface area contributed by atoms with Gasteiger partial charge < -0.3 is 5.73 Å². The van der Waals surface area contributed by atoms with Crippen LogP contribution in [-0.2, 0) is 6.42 Å². The molecule has 2 atom stereocenters. The second kappa shape index (κ2) is 4.52. The SMILES string of the molecule is N[C@]1(Cc2ccccc2)C[C@@H]1c1ccc(Br)cc1. The van der Waals surface area contributed by atoms with Crippen molar-refractivity contribution in [3.05, 3.63) is 70.2 Å². The molecule has 0 radical (unpaired) electrons. The molecule has 18 heavy (non-hydrogen) atoms. The summed E-state index contributed by atoms with van der Waals surface area (Å²) >= 11 is 3.47. The van der Waals surface area contributed by atoms with Crippen molar-refractivity contribution in [1.82, 2.24) is 0 Å². The maximum Gasteiger partial charge on any atom is 0.0271 e. The molecule has 0 aromatic heterocycles. The molecular weight excluding hydrogens is 286 g/mol. The van der Waals surface area contributed by atoms with E-state index < -0.39 is 0 Å². The van der Waals surface area contributed by atoms with Crippen LogP contribution in [0.25, 0.3) is 0 Å². The van der Waals surface area contributed by atoms with E-state index in [-0.39, 0.29) is 5.54 Å². The molecule has 1 saturated carbocycles. The maximum atomic E-state index is 6.48. The van der Waals surface area contributed by atoms with Gasteiger partial charge in [0.1, 0.15) is 0 Å². The Morgan fingerprint density at radius 1 is 1.06 bits per heavy atom. The van der Waals surface area contributed by atoms with E-state index in [9.17, 15) is 0 Å². The van der Waals surface area contributed by atoms with E-state index in [1.165, 1.54) is 11.1 Å². The summed E-state index contributed by atoms with van der Waals surface area (Å²) in [5.74, 6) is 0.505. The van der Waals surface area contributed by atoms with Crippen molar-refractivity contribution in [2.75, 3.05) is 0 Å². The lowest BCUT2D eigenvalue weighted by Crippen LogP contribution is -2.27. The molecule has 1 nitrogen and oxygen atoms in total.